The highest BCUT2D eigenvalue weighted by atomic mass is 79.9. The molecule has 2 nitrogen and oxygen atoms in total. The monoisotopic (exact) mass is 374 g/mol. The topological polar surface area (TPSA) is 24.4 Å². The molecular formula is C15H17BrF2N2S. The molecule has 1 aromatic rings. The molecule has 0 atom stereocenters. The third-order valence-corrected chi connectivity index (χ3v) is 5.95. The Morgan fingerprint density at radius 2 is 1.81 bits per heavy atom. The molecule has 6 heteroatoms. The van der Waals surface area contributed by atoms with E-state index in [9.17, 15) is 8.78 Å². The lowest BCUT2D eigenvalue weighted by Crippen LogP contribution is -2.35. The number of thioether (sulfide) groups is 1. The van der Waals surface area contributed by atoms with Crippen molar-refractivity contribution in [2.45, 2.75) is 32.1 Å². The first-order valence-electron chi connectivity index (χ1n) is 7.17. The molecule has 2 aliphatic rings. The van der Waals surface area contributed by atoms with E-state index in [0.29, 0.717) is 15.1 Å². The van der Waals surface area contributed by atoms with Gasteiger partial charge in [-0.3, -0.25) is 4.99 Å². The van der Waals surface area contributed by atoms with E-state index < -0.39 is 11.6 Å². The van der Waals surface area contributed by atoms with Gasteiger partial charge in [0.15, 0.2) is 16.8 Å². The number of aliphatic imine (C=N–C) groups is 1. The molecular weight excluding hydrogens is 358 g/mol. The number of nitrogens with zero attached hydrogens (tertiary/aromatic N) is 1. The normalized spacial score (nSPS) is 21.2. The molecule has 21 heavy (non-hydrogen) atoms. The maximum absolute atomic E-state index is 13.8. The fourth-order valence-corrected chi connectivity index (χ4v) is 4.56. The van der Waals surface area contributed by atoms with Gasteiger partial charge >= 0.3 is 0 Å². The van der Waals surface area contributed by atoms with Crippen LogP contribution in [-0.2, 0) is 0 Å². The zero-order valence-corrected chi connectivity index (χ0v) is 14.0. The molecule has 1 aliphatic carbocycles. The second-order valence-electron chi connectivity index (χ2n) is 5.84. The van der Waals surface area contributed by atoms with Gasteiger partial charge in [-0.25, -0.2) is 8.78 Å². The zero-order chi connectivity index (χ0) is 14.9. The van der Waals surface area contributed by atoms with Crippen LogP contribution >= 0.6 is 27.7 Å². The van der Waals surface area contributed by atoms with E-state index in [1.165, 1.54) is 44.2 Å². The molecule has 1 spiro atoms. The Morgan fingerprint density at radius 1 is 1.14 bits per heavy atom. The Hall–Kier alpha value is -0.620. The minimum atomic E-state index is -0.608. The van der Waals surface area contributed by atoms with Gasteiger partial charge in [0.25, 0.3) is 0 Å². The summed E-state index contributed by atoms with van der Waals surface area (Å²) in [6, 6.07) is 2.50. The number of halogens is 3. The van der Waals surface area contributed by atoms with E-state index in [4.69, 9.17) is 0 Å². The fourth-order valence-electron chi connectivity index (χ4n) is 3.00. The number of benzene rings is 1. The van der Waals surface area contributed by atoms with Crippen LogP contribution in [0.25, 0.3) is 0 Å². The first-order chi connectivity index (χ1) is 10.1. The smallest absolute Gasteiger partial charge is 0.161 e. The molecule has 1 saturated carbocycles. The highest BCUT2D eigenvalue weighted by Crippen LogP contribution is 2.42. The van der Waals surface area contributed by atoms with Gasteiger partial charge in [-0.2, -0.15) is 0 Å². The van der Waals surface area contributed by atoms with Crippen LogP contribution in [0.3, 0.4) is 0 Å². The van der Waals surface area contributed by atoms with Crippen LogP contribution < -0.4 is 5.32 Å². The SMILES string of the molecule is Fc1cc(Br)cc(F)c1NC1=NCC2(CCCCC2)CS1. The van der Waals surface area contributed by atoms with Gasteiger partial charge in [0.2, 0.25) is 0 Å². The van der Waals surface area contributed by atoms with Crippen LogP contribution in [0.2, 0.25) is 0 Å². The van der Waals surface area contributed by atoms with Gasteiger partial charge in [-0.1, -0.05) is 47.0 Å². The summed E-state index contributed by atoms with van der Waals surface area (Å²) in [6.45, 7) is 0.766. The van der Waals surface area contributed by atoms with Crippen LogP contribution in [0.15, 0.2) is 21.6 Å². The van der Waals surface area contributed by atoms with Crippen LogP contribution in [0.5, 0.6) is 0 Å². The summed E-state index contributed by atoms with van der Waals surface area (Å²) >= 11 is 4.66. The number of amidine groups is 1. The summed E-state index contributed by atoms with van der Waals surface area (Å²) in [7, 11) is 0. The van der Waals surface area contributed by atoms with Crippen LogP contribution in [-0.4, -0.2) is 17.5 Å². The van der Waals surface area contributed by atoms with Gasteiger partial charge in [0.1, 0.15) is 5.69 Å². The Balaban J connectivity index is 1.72. The van der Waals surface area contributed by atoms with Crippen molar-refractivity contribution in [3.63, 3.8) is 0 Å². The number of hydrogen-bond donors (Lipinski definition) is 1. The van der Waals surface area contributed by atoms with E-state index in [1.807, 2.05) is 0 Å². The summed E-state index contributed by atoms with van der Waals surface area (Å²) in [5.74, 6) is -0.232. The standard InChI is InChI=1S/C15H17BrF2N2S/c16-10-6-11(17)13(12(18)7-10)20-14-19-8-15(9-21-14)4-2-1-3-5-15/h6-7H,1-5,8-9H2,(H,19,20). The van der Waals surface area contributed by atoms with Crippen molar-refractivity contribution in [2.75, 3.05) is 17.6 Å². The van der Waals surface area contributed by atoms with E-state index >= 15 is 0 Å². The molecule has 3 rings (SSSR count). The molecule has 114 valence electrons. The summed E-state index contributed by atoms with van der Waals surface area (Å²) in [5.41, 5.74) is 0.189. The third kappa shape index (κ3) is 3.42. The minimum absolute atomic E-state index is 0.121. The first-order valence-corrected chi connectivity index (χ1v) is 8.95. The van der Waals surface area contributed by atoms with E-state index in [0.717, 1.165) is 12.3 Å². The van der Waals surface area contributed by atoms with E-state index in [-0.39, 0.29) is 5.69 Å². The second kappa shape index (κ2) is 6.24. The van der Waals surface area contributed by atoms with Gasteiger partial charge in [0, 0.05) is 16.8 Å². The van der Waals surface area contributed by atoms with Crippen molar-refractivity contribution in [1.29, 1.82) is 0 Å². The molecule has 1 fully saturated rings. The van der Waals surface area contributed by atoms with Crippen molar-refractivity contribution in [2.24, 2.45) is 10.4 Å². The lowest BCUT2D eigenvalue weighted by Gasteiger charge is -2.38. The van der Waals surface area contributed by atoms with Crippen molar-refractivity contribution >= 4 is 38.5 Å². The van der Waals surface area contributed by atoms with Crippen molar-refractivity contribution in [3.8, 4) is 0 Å². The lowest BCUT2D eigenvalue weighted by atomic mass is 9.75. The molecule has 1 aliphatic heterocycles. The van der Waals surface area contributed by atoms with E-state index in [2.05, 4.69) is 26.2 Å². The van der Waals surface area contributed by atoms with Crippen LogP contribution in [0.4, 0.5) is 14.5 Å². The number of hydrogen-bond acceptors (Lipinski definition) is 3. The van der Waals surface area contributed by atoms with Crippen LogP contribution in [0, 0.1) is 17.0 Å². The predicted molar refractivity (Wildman–Crippen MR) is 88.0 cm³/mol. The van der Waals surface area contributed by atoms with E-state index in [1.54, 1.807) is 11.8 Å². The molecule has 0 saturated heterocycles. The number of nitrogens with one attached hydrogen (secondary N) is 1. The van der Waals surface area contributed by atoms with Gasteiger partial charge in [0.05, 0.1) is 0 Å². The fraction of sp³-hybridized carbons (Fsp3) is 0.533. The average molecular weight is 375 g/mol. The summed E-state index contributed by atoms with van der Waals surface area (Å²) < 4.78 is 28.0. The highest BCUT2D eigenvalue weighted by molar-refractivity contribution is 9.10. The molecule has 0 aromatic heterocycles. The van der Waals surface area contributed by atoms with Gasteiger partial charge in [-0.15, -0.1) is 0 Å². The van der Waals surface area contributed by atoms with Crippen LogP contribution in [0.1, 0.15) is 32.1 Å². The Bertz CT molecular complexity index is 548. The van der Waals surface area contributed by atoms with Crippen molar-refractivity contribution in [3.05, 3.63) is 28.2 Å². The Labute approximate surface area is 135 Å². The highest BCUT2D eigenvalue weighted by Gasteiger charge is 2.35. The Kier molecular flexibility index (Phi) is 4.54. The number of rotatable bonds is 1. The molecule has 1 heterocycles. The summed E-state index contributed by atoms with van der Waals surface area (Å²) in [5, 5.41) is 3.43. The molecule has 1 aromatic carbocycles. The lowest BCUT2D eigenvalue weighted by molar-refractivity contribution is 0.232. The number of anilines is 1. The molecule has 0 bridgehead atoms. The largest absolute Gasteiger partial charge is 0.330 e. The summed E-state index contributed by atoms with van der Waals surface area (Å²) in [6.07, 6.45) is 6.30. The van der Waals surface area contributed by atoms with Crippen molar-refractivity contribution in [1.82, 2.24) is 0 Å². The molecule has 0 unspecified atom stereocenters. The second-order valence-corrected chi connectivity index (χ2v) is 7.72. The summed E-state index contributed by atoms with van der Waals surface area (Å²) in [4.78, 5) is 4.53. The van der Waals surface area contributed by atoms with Gasteiger partial charge in [-0.05, 0) is 30.4 Å². The zero-order valence-electron chi connectivity index (χ0n) is 11.6. The minimum Gasteiger partial charge on any atom is -0.330 e. The van der Waals surface area contributed by atoms with Gasteiger partial charge < -0.3 is 5.32 Å². The third-order valence-electron chi connectivity index (χ3n) is 4.23. The van der Waals surface area contributed by atoms with Crippen molar-refractivity contribution < 1.29 is 8.78 Å². The predicted octanol–water partition coefficient (Wildman–Crippen LogP) is 5.19. The molecule has 1 N–H and O–H groups in total. The quantitative estimate of drug-likeness (QED) is 0.730. The molecule has 0 radical (unpaired) electrons. The maximum Gasteiger partial charge on any atom is 0.161 e. The Morgan fingerprint density at radius 3 is 2.38 bits per heavy atom. The average Bonchev–Trinajstić information content (AvgIpc) is 2.46. The first kappa shape index (κ1) is 15.3. The maximum atomic E-state index is 13.8. The molecule has 0 amide bonds.